The van der Waals surface area contributed by atoms with Crippen molar-refractivity contribution in [3.8, 4) is 0 Å². The number of hydrogen-bond acceptors (Lipinski definition) is 3. The first-order valence-corrected chi connectivity index (χ1v) is 10.5. The van der Waals surface area contributed by atoms with Gasteiger partial charge in [-0.1, -0.05) is 18.2 Å². The molecule has 6 nitrogen and oxygen atoms in total. The lowest BCUT2D eigenvalue weighted by Gasteiger charge is -2.16. The number of nitrogens with zero attached hydrogens (tertiary/aromatic N) is 2. The van der Waals surface area contributed by atoms with E-state index in [2.05, 4.69) is 48.2 Å². The lowest BCUT2D eigenvalue weighted by atomic mass is 10.0. The maximum atomic E-state index is 12.7. The lowest BCUT2D eigenvalue weighted by Crippen LogP contribution is -2.34. The molecule has 1 fully saturated rings. The van der Waals surface area contributed by atoms with E-state index in [9.17, 15) is 9.59 Å². The van der Waals surface area contributed by atoms with Crippen LogP contribution in [0.5, 0.6) is 0 Å². The van der Waals surface area contributed by atoms with Crippen molar-refractivity contribution >= 4 is 22.7 Å². The molecule has 0 saturated carbocycles. The van der Waals surface area contributed by atoms with Crippen molar-refractivity contribution < 1.29 is 9.59 Å². The van der Waals surface area contributed by atoms with Crippen LogP contribution in [0.4, 0.5) is 0 Å². The number of hydrogen-bond donors (Lipinski definition) is 2. The van der Waals surface area contributed by atoms with E-state index in [-0.39, 0.29) is 24.2 Å². The van der Waals surface area contributed by atoms with Crippen LogP contribution in [0.3, 0.4) is 0 Å². The Bertz CT molecular complexity index is 1090. The SMILES string of the molecule is Cc1ccc2c(CCNC(=O)C3CC(=O)N(Cc4ccccn4)C3)c(C)[nH]c2c1C. The molecule has 0 aliphatic carbocycles. The normalized spacial score (nSPS) is 16.4. The monoisotopic (exact) mass is 404 g/mol. The summed E-state index contributed by atoms with van der Waals surface area (Å²) in [6, 6.07) is 9.95. The Morgan fingerprint density at radius 1 is 1.23 bits per heavy atom. The maximum Gasteiger partial charge on any atom is 0.225 e. The Hall–Kier alpha value is -3.15. The third kappa shape index (κ3) is 3.95. The summed E-state index contributed by atoms with van der Waals surface area (Å²) in [6.07, 6.45) is 2.75. The largest absolute Gasteiger partial charge is 0.358 e. The van der Waals surface area contributed by atoms with E-state index in [0.29, 0.717) is 19.6 Å². The average Bonchev–Trinajstić information content (AvgIpc) is 3.26. The Morgan fingerprint density at radius 3 is 2.83 bits per heavy atom. The highest BCUT2D eigenvalue weighted by Gasteiger charge is 2.34. The maximum absolute atomic E-state index is 12.7. The molecule has 2 N–H and O–H groups in total. The Kier molecular flexibility index (Phi) is 5.57. The van der Waals surface area contributed by atoms with Crippen LogP contribution in [0.1, 0.15) is 34.5 Å². The number of aryl methyl sites for hydroxylation is 3. The van der Waals surface area contributed by atoms with E-state index < -0.39 is 0 Å². The molecule has 1 aliphatic rings. The molecule has 1 unspecified atom stereocenters. The Balaban J connectivity index is 1.34. The second kappa shape index (κ2) is 8.30. The highest BCUT2D eigenvalue weighted by atomic mass is 16.2. The van der Waals surface area contributed by atoms with Gasteiger partial charge in [-0.15, -0.1) is 0 Å². The number of fused-ring (bicyclic) bond motifs is 1. The minimum atomic E-state index is -0.296. The molecule has 0 spiro atoms. The van der Waals surface area contributed by atoms with Gasteiger partial charge in [-0.25, -0.2) is 0 Å². The van der Waals surface area contributed by atoms with Crippen molar-refractivity contribution in [1.82, 2.24) is 20.2 Å². The van der Waals surface area contributed by atoms with Gasteiger partial charge >= 0.3 is 0 Å². The van der Waals surface area contributed by atoms with Gasteiger partial charge in [-0.2, -0.15) is 0 Å². The van der Waals surface area contributed by atoms with Gasteiger partial charge in [0, 0.05) is 42.3 Å². The molecule has 1 aliphatic heterocycles. The fourth-order valence-electron chi connectivity index (χ4n) is 4.26. The number of carbonyl (C=O) groups is 2. The molecular weight excluding hydrogens is 376 g/mol. The standard InChI is InChI=1S/C24H28N4O2/c1-15-7-8-21-20(17(3)27-23(21)16(15)2)9-11-26-24(30)18-12-22(29)28(13-18)14-19-6-4-5-10-25-19/h4-8,10,18,27H,9,11-14H2,1-3H3,(H,26,30). The zero-order valence-electron chi connectivity index (χ0n) is 17.8. The minimum absolute atomic E-state index is 0.0131. The zero-order chi connectivity index (χ0) is 21.3. The first-order valence-electron chi connectivity index (χ1n) is 10.5. The molecule has 2 amide bonds. The Morgan fingerprint density at radius 2 is 2.07 bits per heavy atom. The van der Waals surface area contributed by atoms with Gasteiger partial charge in [0.25, 0.3) is 0 Å². The van der Waals surface area contributed by atoms with Crippen molar-refractivity contribution in [3.63, 3.8) is 0 Å². The summed E-state index contributed by atoms with van der Waals surface area (Å²) in [5, 5.41) is 4.26. The predicted octanol–water partition coefficient (Wildman–Crippen LogP) is 3.20. The van der Waals surface area contributed by atoms with Crippen LogP contribution >= 0.6 is 0 Å². The summed E-state index contributed by atoms with van der Waals surface area (Å²) in [7, 11) is 0. The fraction of sp³-hybridized carbons (Fsp3) is 0.375. The zero-order valence-corrected chi connectivity index (χ0v) is 17.8. The molecular formula is C24H28N4O2. The summed E-state index contributed by atoms with van der Waals surface area (Å²) in [4.78, 5) is 34.5. The molecule has 6 heteroatoms. The molecule has 30 heavy (non-hydrogen) atoms. The molecule has 1 atom stereocenters. The van der Waals surface area contributed by atoms with Crippen LogP contribution in [0, 0.1) is 26.7 Å². The molecule has 1 aromatic carbocycles. The van der Waals surface area contributed by atoms with Crippen LogP contribution < -0.4 is 5.32 Å². The number of rotatable bonds is 6. The molecule has 1 saturated heterocycles. The van der Waals surface area contributed by atoms with Crippen molar-refractivity contribution in [2.75, 3.05) is 13.1 Å². The highest BCUT2D eigenvalue weighted by molar-refractivity contribution is 5.90. The summed E-state index contributed by atoms with van der Waals surface area (Å²) < 4.78 is 0. The number of amides is 2. The van der Waals surface area contributed by atoms with Crippen molar-refractivity contribution in [1.29, 1.82) is 0 Å². The highest BCUT2D eigenvalue weighted by Crippen LogP contribution is 2.27. The van der Waals surface area contributed by atoms with Gasteiger partial charge in [-0.05, 0) is 56.0 Å². The number of pyridine rings is 1. The van der Waals surface area contributed by atoms with Crippen LogP contribution in [0.15, 0.2) is 36.5 Å². The fourth-order valence-corrected chi connectivity index (χ4v) is 4.26. The molecule has 156 valence electrons. The van der Waals surface area contributed by atoms with Crippen LogP contribution in [0.25, 0.3) is 10.9 Å². The van der Waals surface area contributed by atoms with Gasteiger partial charge in [0.05, 0.1) is 18.2 Å². The molecule has 3 heterocycles. The first-order chi connectivity index (χ1) is 14.4. The number of aromatic nitrogens is 2. The van der Waals surface area contributed by atoms with Crippen molar-refractivity contribution in [2.45, 2.75) is 40.2 Å². The van der Waals surface area contributed by atoms with E-state index >= 15 is 0 Å². The molecule has 0 bridgehead atoms. The van der Waals surface area contributed by atoms with Crippen LogP contribution in [-0.4, -0.2) is 39.8 Å². The summed E-state index contributed by atoms with van der Waals surface area (Å²) in [5.41, 5.74) is 6.94. The topological polar surface area (TPSA) is 78.1 Å². The average molecular weight is 405 g/mol. The van der Waals surface area contributed by atoms with E-state index in [0.717, 1.165) is 17.8 Å². The number of aromatic amines is 1. The lowest BCUT2D eigenvalue weighted by molar-refractivity contribution is -0.129. The first kappa shape index (κ1) is 20.1. The van der Waals surface area contributed by atoms with E-state index in [4.69, 9.17) is 0 Å². The molecule has 2 aromatic heterocycles. The van der Waals surface area contributed by atoms with Crippen LogP contribution in [-0.2, 0) is 22.6 Å². The number of carbonyl (C=O) groups excluding carboxylic acids is 2. The summed E-state index contributed by atoms with van der Waals surface area (Å²) in [6.45, 7) is 7.79. The predicted molar refractivity (Wildman–Crippen MR) is 117 cm³/mol. The summed E-state index contributed by atoms with van der Waals surface area (Å²) >= 11 is 0. The summed E-state index contributed by atoms with van der Waals surface area (Å²) in [5.74, 6) is -0.328. The van der Waals surface area contributed by atoms with Crippen LogP contribution in [0.2, 0.25) is 0 Å². The van der Waals surface area contributed by atoms with E-state index in [1.165, 1.54) is 27.6 Å². The van der Waals surface area contributed by atoms with E-state index in [1.54, 1.807) is 11.1 Å². The minimum Gasteiger partial charge on any atom is -0.358 e. The molecule has 3 aromatic rings. The second-order valence-electron chi connectivity index (χ2n) is 8.20. The van der Waals surface area contributed by atoms with Gasteiger partial charge in [-0.3, -0.25) is 14.6 Å². The third-order valence-corrected chi connectivity index (χ3v) is 6.16. The van der Waals surface area contributed by atoms with Gasteiger partial charge in [0.1, 0.15) is 0 Å². The van der Waals surface area contributed by atoms with Crippen molar-refractivity contribution in [3.05, 3.63) is 64.6 Å². The second-order valence-corrected chi connectivity index (χ2v) is 8.20. The number of H-pyrrole nitrogens is 1. The number of nitrogens with one attached hydrogen (secondary N) is 2. The quantitative estimate of drug-likeness (QED) is 0.662. The third-order valence-electron chi connectivity index (χ3n) is 6.16. The Labute approximate surface area is 176 Å². The molecule has 4 rings (SSSR count). The van der Waals surface area contributed by atoms with Gasteiger partial charge in [0.15, 0.2) is 0 Å². The van der Waals surface area contributed by atoms with Gasteiger partial charge in [0.2, 0.25) is 11.8 Å². The smallest absolute Gasteiger partial charge is 0.225 e. The van der Waals surface area contributed by atoms with Gasteiger partial charge < -0.3 is 15.2 Å². The number of benzene rings is 1. The number of likely N-dealkylation sites (tertiary alicyclic amines) is 1. The van der Waals surface area contributed by atoms with E-state index in [1.807, 2.05) is 18.2 Å². The van der Waals surface area contributed by atoms with Crippen molar-refractivity contribution in [2.24, 2.45) is 5.92 Å². The molecule has 0 radical (unpaired) electrons.